The predicted molar refractivity (Wildman–Crippen MR) is 74.4 cm³/mol. The van der Waals surface area contributed by atoms with Crippen LogP contribution >= 0.6 is 12.4 Å². The molecule has 0 fully saturated rings. The lowest BCUT2D eigenvalue weighted by Gasteiger charge is -2.31. The number of methoxy groups -OCH3 is 1. The molecular formula is C13H19ClN2O3. The summed E-state index contributed by atoms with van der Waals surface area (Å²) in [6, 6.07) is 4.37. The first-order valence-electron chi connectivity index (χ1n) is 5.55. The Morgan fingerprint density at radius 2 is 2.05 bits per heavy atom. The third-order valence-corrected chi connectivity index (χ3v) is 3.08. The smallest absolute Gasteiger partial charge is 0.163 e. The van der Waals surface area contributed by atoms with E-state index in [1.807, 2.05) is 6.07 Å². The Bertz CT molecular complexity index is 484. The number of hydrogen-bond acceptors (Lipinski definition) is 5. The number of aliphatic hydroxyl groups excluding tert-OH is 1. The minimum absolute atomic E-state index is 0. The van der Waals surface area contributed by atoms with E-state index in [2.05, 4.69) is 0 Å². The average molecular weight is 287 g/mol. The summed E-state index contributed by atoms with van der Waals surface area (Å²) in [7, 11) is 1.42. The molecule has 0 unspecified atom stereocenters. The maximum Gasteiger partial charge on any atom is 0.163 e. The van der Waals surface area contributed by atoms with Crippen molar-refractivity contribution < 1.29 is 14.9 Å². The second-order valence-electron chi connectivity index (χ2n) is 4.81. The van der Waals surface area contributed by atoms with Crippen LogP contribution in [0.4, 0.5) is 0 Å². The maximum atomic E-state index is 10.1. The van der Waals surface area contributed by atoms with Gasteiger partial charge in [0, 0.05) is 23.6 Å². The SMILES string of the molecule is COc1ccc(C#N)c([C@H](N)C(C)(C)CO)c1O.Cl. The van der Waals surface area contributed by atoms with Gasteiger partial charge in [0.25, 0.3) is 0 Å². The van der Waals surface area contributed by atoms with Crippen molar-refractivity contribution in [3.63, 3.8) is 0 Å². The zero-order valence-corrected chi connectivity index (χ0v) is 12.0. The Hall–Kier alpha value is -1.48. The first-order valence-corrected chi connectivity index (χ1v) is 5.55. The fraction of sp³-hybridized carbons (Fsp3) is 0.462. The first-order chi connectivity index (χ1) is 8.38. The van der Waals surface area contributed by atoms with E-state index in [9.17, 15) is 10.2 Å². The molecule has 106 valence electrons. The van der Waals surface area contributed by atoms with E-state index in [0.717, 1.165) is 0 Å². The normalized spacial score (nSPS) is 12.2. The molecule has 1 aromatic rings. The molecule has 0 amide bonds. The van der Waals surface area contributed by atoms with Gasteiger partial charge in [-0.05, 0) is 12.1 Å². The van der Waals surface area contributed by atoms with Gasteiger partial charge in [0.05, 0.1) is 18.7 Å². The number of nitrogens with two attached hydrogens (primary N) is 1. The molecule has 0 aliphatic rings. The number of aromatic hydroxyl groups is 1. The van der Waals surface area contributed by atoms with Crippen LogP contribution in [0, 0.1) is 16.7 Å². The van der Waals surface area contributed by atoms with Gasteiger partial charge in [0.2, 0.25) is 0 Å². The van der Waals surface area contributed by atoms with Crippen molar-refractivity contribution in [2.45, 2.75) is 19.9 Å². The summed E-state index contributed by atoms with van der Waals surface area (Å²) in [5, 5.41) is 28.5. The number of rotatable bonds is 4. The van der Waals surface area contributed by atoms with E-state index in [4.69, 9.17) is 15.7 Å². The molecule has 0 radical (unpaired) electrons. The largest absolute Gasteiger partial charge is 0.504 e. The average Bonchev–Trinajstić information content (AvgIpc) is 2.37. The van der Waals surface area contributed by atoms with Crippen LogP contribution in [-0.2, 0) is 0 Å². The van der Waals surface area contributed by atoms with Gasteiger partial charge in [-0.3, -0.25) is 0 Å². The van der Waals surface area contributed by atoms with Gasteiger partial charge in [0.1, 0.15) is 0 Å². The topological polar surface area (TPSA) is 99.5 Å². The Labute approximate surface area is 119 Å². The Morgan fingerprint density at radius 1 is 1.47 bits per heavy atom. The van der Waals surface area contributed by atoms with Crippen molar-refractivity contribution in [3.05, 3.63) is 23.3 Å². The van der Waals surface area contributed by atoms with Crippen molar-refractivity contribution in [1.29, 1.82) is 5.26 Å². The molecular weight excluding hydrogens is 268 g/mol. The quantitative estimate of drug-likeness (QED) is 0.782. The molecule has 4 N–H and O–H groups in total. The highest BCUT2D eigenvalue weighted by Crippen LogP contribution is 2.41. The number of aliphatic hydroxyl groups is 1. The fourth-order valence-electron chi connectivity index (χ4n) is 1.65. The standard InChI is InChI=1S/C13H18N2O3.ClH/c1-13(2,7-16)12(15)10-8(6-14)4-5-9(18-3)11(10)17;/h4-5,12,16-17H,7,15H2,1-3H3;1H/t12-;/m0./s1. The Kier molecular flexibility index (Phi) is 6.10. The summed E-state index contributed by atoms with van der Waals surface area (Å²) >= 11 is 0. The highest BCUT2D eigenvalue weighted by atomic mass is 35.5. The summed E-state index contributed by atoms with van der Waals surface area (Å²) in [5.74, 6) is 0.110. The van der Waals surface area contributed by atoms with Crippen molar-refractivity contribution in [3.8, 4) is 17.6 Å². The van der Waals surface area contributed by atoms with Crippen LogP contribution in [0.3, 0.4) is 0 Å². The van der Waals surface area contributed by atoms with E-state index in [-0.39, 0.29) is 36.1 Å². The van der Waals surface area contributed by atoms with Gasteiger partial charge in [-0.1, -0.05) is 13.8 Å². The summed E-state index contributed by atoms with van der Waals surface area (Å²) in [5.41, 5.74) is 5.98. The lowest BCUT2D eigenvalue weighted by Crippen LogP contribution is -2.33. The molecule has 1 aromatic carbocycles. The molecule has 0 heterocycles. The molecule has 19 heavy (non-hydrogen) atoms. The summed E-state index contributed by atoms with van der Waals surface area (Å²) in [4.78, 5) is 0. The molecule has 0 aliphatic carbocycles. The molecule has 0 saturated heterocycles. The van der Waals surface area contributed by atoms with Crippen LogP contribution in [0.5, 0.6) is 11.5 Å². The third-order valence-electron chi connectivity index (χ3n) is 3.08. The van der Waals surface area contributed by atoms with Gasteiger partial charge < -0.3 is 20.7 Å². The Balaban J connectivity index is 0.00000324. The van der Waals surface area contributed by atoms with Gasteiger partial charge in [-0.15, -0.1) is 12.4 Å². The number of nitriles is 1. The molecule has 0 aliphatic heterocycles. The Morgan fingerprint density at radius 3 is 2.47 bits per heavy atom. The molecule has 6 heteroatoms. The van der Waals surface area contributed by atoms with Crippen LogP contribution in [0.25, 0.3) is 0 Å². The van der Waals surface area contributed by atoms with Gasteiger partial charge in [-0.25, -0.2) is 0 Å². The first kappa shape index (κ1) is 17.5. The highest BCUT2D eigenvalue weighted by molar-refractivity contribution is 5.85. The third kappa shape index (κ3) is 3.29. The monoisotopic (exact) mass is 286 g/mol. The zero-order valence-electron chi connectivity index (χ0n) is 11.2. The lowest BCUT2D eigenvalue weighted by molar-refractivity contribution is 0.131. The second-order valence-corrected chi connectivity index (χ2v) is 4.81. The number of halogens is 1. The van der Waals surface area contributed by atoms with Crippen molar-refractivity contribution in [2.24, 2.45) is 11.1 Å². The molecule has 1 rings (SSSR count). The molecule has 0 spiro atoms. The zero-order chi connectivity index (χ0) is 13.9. The van der Waals surface area contributed by atoms with E-state index in [1.54, 1.807) is 19.9 Å². The van der Waals surface area contributed by atoms with Crippen LogP contribution in [0.2, 0.25) is 0 Å². The number of phenols is 1. The molecule has 1 atom stereocenters. The summed E-state index contributed by atoms with van der Waals surface area (Å²) in [6.07, 6.45) is 0. The number of benzene rings is 1. The summed E-state index contributed by atoms with van der Waals surface area (Å²) < 4.78 is 5.00. The van der Waals surface area contributed by atoms with Crippen LogP contribution in [0.1, 0.15) is 31.0 Å². The highest BCUT2D eigenvalue weighted by Gasteiger charge is 2.32. The lowest BCUT2D eigenvalue weighted by atomic mass is 9.80. The summed E-state index contributed by atoms with van der Waals surface area (Å²) in [6.45, 7) is 3.37. The minimum atomic E-state index is -0.674. The maximum absolute atomic E-state index is 10.1. The number of ether oxygens (including phenoxy) is 1. The van der Waals surface area contributed by atoms with Crippen molar-refractivity contribution in [1.82, 2.24) is 0 Å². The van der Waals surface area contributed by atoms with Crippen LogP contribution < -0.4 is 10.5 Å². The molecule has 5 nitrogen and oxygen atoms in total. The van der Waals surface area contributed by atoms with Crippen molar-refractivity contribution in [2.75, 3.05) is 13.7 Å². The predicted octanol–water partition coefficient (Wildman–Crippen LogP) is 1.71. The molecule has 0 saturated carbocycles. The molecule has 0 aromatic heterocycles. The van der Waals surface area contributed by atoms with Gasteiger partial charge in [-0.2, -0.15) is 5.26 Å². The van der Waals surface area contributed by atoms with E-state index >= 15 is 0 Å². The van der Waals surface area contributed by atoms with E-state index < -0.39 is 11.5 Å². The van der Waals surface area contributed by atoms with E-state index in [1.165, 1.54) is 13.2 Å². The van der Waals surface area contributed by atoms with E-state index in [0.29, 0.717) is 5.56 Å². The number of nitrogens with zero attached hydrogens (tertiary/aromatic N) is 1. The fourth-order valence-corrected chi connectivity index (χ4v) is 1.65. The number of phenolic OH excluding ortho intramolecular Hbond substituents is 1. The molecule has 0 bridgehead atoms. The second kappa shape index (κ2) is 6.62. The van der Waals surface area contributed by atoms with Crippen molar-refractivity contribution >= 4 is 12.4 Å². The van der Waals surface area contributed by atoms with Gasteiger partial charge in [0.15, 0.2) is 11.5 Å². The van der Waals surface area contributed by atoms with Crippen LogP contribution in [-0.4, -0.2) is 23.9 Å². The van der Waals surface area contributed by atoms with Gasteiger partial charge >= 0.3 is 0 Å². The number of hydrogen-bond donors (Lipinski definition) is 3. The minimum Gasteiger partial charge on any atom is -0.504 e. The van der Waals surface area contributed by atoms with Crippen LogP contribution in [0.15, 0.2) is 12.1 Å².